The van der Waals surface area contributed by atoms with E-state index in [1.807, 2.05) is 0 Å². The maximum absolute atomic E-state index is 11.4. The Balaban J connectivity index is 2.66. The van der Waals surface area contributed by atoms with E-state index in [9.17, 15) is 4.79 Å². The van der Waals surface area contributed by atoms with Gasteiger partial charge in [-0.05, 0) is 13.8 Å². The maximum Gasteiger partial charge on any atom is 0.240 e. The first-order valence-corrected chi connectivity index (χ1v) is 4.55. The van der Waals surface area contributed by atoms with Crippen LogP contribution in [-0.4, -0.2) is 20.2 Å². The zero-order valence-electron chi connectivity index (χ0n) is 7.41. The van der Waals surface area contributed by atoms with Crippen LogP contribution in [0.4, 0.5) is 5.69 Å². The normalized spacial score (nSPS) is 11.0. The summed E-state index contributed by atoms with van der Waals surface area (Å²) in [5.41, 5.74) is 0.597. The minimum Gasteiger partial charge on any atom is -0.322 e. The van der Waals surface area contributed by atoms with E-state index in [1.165, 1.54) is 6.33 Å². The molecule has 0 saturated heterocycles. The van der Waals surface area contributed by atoms with E-state index in [0.29, 0.717) is 5.69 Å². The molecule has 0 radical (unpaired) electrons. The summed E-state index contributed by atoms with van der Waals surface area (Å²) >= 11 is 3.25. The molecule has 0 aliphatic rings. The van der Waals surface area contributed by atoms with Crippen LogP contribution < -0.4 is 5.32 Å². The summed E-state index contributed by atoms with van der Waals surface area (Å²) in [6.45, 7) is 3.54. The summed E-state index contributed by atoms with van der Waals surface area (Å²) < 4.78 is -0.581. The van der Waals surface area contributed by atoms with Crippen LogP contribution in [0.2, 0.25) is 0 Å². The summed E-state index contributed by atoms with van der Waals surface area (Å²) in [7, 11) is 0. The first-order chi connectivity index (χ1) is 6.00. The Hall–Kier alpha value is -0.970. The van der Waals surface area contributed by atoms with Crippen molar-refractivity contribution in [3.05, 3.63) is 18.7 Å². The molecule has 0 fully saturated rings. The number of nitrogens with zero attached hydrogens (tertiary/aromatic N) is 2. The molecule has 1 aromatic rings. The highest BCUT2D eigenvalue weighted by Crippen LogP contribution is 2.17. The number of halogens is 1. The van der Waals surface area contributed by atoms with Crippen molar-refractivity contribution in [1.29, 1.82) is 0 Å². The predicted octanol–water partition coefficient (Wildman–Crippen LogP) is 1.59. The van der Waals surface area contributed by atoms with Gasteiger partial charge in [0.2, 0.25) is 5.91 Å². The number of hydrogen-bond acceptors (Lipinski definition) is 3. The van der Waals surface area contributed by atoms with E-state index in [4.69, 9.17) is 0 Å². The smallest absolute Gasteiger partial charge is 0.240 e. The lowest BCUT2D eigenvalue weighted by Gasteiger charge is -2.14. The van der Waals surface area contributed by atoms with Crippen molar-refractivity contribution in [3.8, 4) is 0 Å². The second-order valence-electron chi connectivity index (χ2n) is 3.05. The highest BCUT2D eigenvalue weighted by molar-refractivity contribution is 9.10. The van der Waals surface area contributed by atoms with Gasteiger partial charge in [0.25, 0.3) is 0 Å². The van der Waals surface area contributed by atoms with Crippen LogP contribution in [0.3, 0.4) is 0 Å². The molecule has 0 spiro atoms. The van der Waals surface area contributed by atoms with Crippen molar-refractivity contribution >= 4 is 27.5 Å². The molecule has 0 aliphatic carbocycles. The number of carbonyl (C=O) groups is 1. The van der Waals surface area contributed by atoms with Gasteiger partial charge in [-0.25, -0.2) is 9.97 Å². The van der Waals surface area contributed by atoms with Crippen molar-refractivity contribution < 1.29 is 4.79 Å². The standard InChI is InChI=1S/C8H10BrN3O/c1-8(2,9)7(13)12-6-3-10-5-11-4-6/h3-5H,1-2H3,(H,12,13). The Kier molecular flexibility index (Phi) is 2.98. The molecular weight excluding hydrogens is 234 g/mol. The van der Waals surface area contributed by atoms with Crippen molar-refractivity contribution in [2.24, 2.45) is 0 Å². The lowest BCUT2D eigenvalue weighted by molar-refractivity contribution is -0.117. The van der Waals surface area contributed by atoms with Crippen LogP contribution in [0.25, 0.3) is 0 Å². The molecule has 1 aromatic heterocycles. The fourth-order valence-corrected chi connectivity index (χ4v) is 0.742. The molecule has 1 N–H and O–H groups in total. The van der Waals surface area contributed by atoms with Gasteiger partial charge < -0.3 is 5.32 Å². The fraction of sp³-hybridized carbons (Fsp3) is 0.375. The largest absolute Gasteiger partial charge is 0.322 e. The molecule has 0 atom stereocenters. The molecule has 1 amide bonds. The van der Waals surface area contributed by atoms with Crippen molar-refractivity contribution in [2.45, 2.75) is 18.2 Å². The van der Waals surface area contributed by atoms with Crippen LogP contribution >= 0.6 is 15.9 Å². The SMILES string of the molecule is CC(C)(Br)C(=O)Nc1cncnc1. The minimum absolute atomic E-state index is 0.123. The first kappa shape index (κ1) is 10.1. The Bertz CT molecular complexity index is 294. The summed E-state index contributed by atoms with van der Waals surface area (Å²) in [5.74, 6) is -0.123. The lowest BCUT2D eigenvalue weighted by Crippen LogP contribution is -2.31. The van der Waals surface area contributed by atoms with E-state index in [1.54, 1.807) is 26.2 Å². The third-order valence-electron chi connectivity index (χ3n) is 1.36. The number of nitrogens with one attached hydrogen (secondary N) is 1. The summed E-state index contributed by atoms with van der Waals surface area (Å²) in [6, 6.07) is 0. The van der Waals surface area contributed by atoms with Gasteiger partial charge in [0.1, 0.15) is 6.33 Å². The second-order valence-corrected chi connectivity index (χ2v) is 5.04. The van der Waals surface area contributed by atoms with E-state index >= 15 is 0 Å². The molecule has 0 aliphatic heterocycles. The van der Waals surface area contributed by atoms with Gasteiger partial charge in [0, 0.05) is 0 Å². The van der Waals surface area contributed by atoms with Gasteiger partial charge >= 0.3 is 0 Å². The van der Waals surface area contributed by atoms with Crippen LogP contribution in [0, 0.1) is 0 Å². The van der Waals surface area contributed by atoms with Gasteiger partial charge in [-0.1, -0.05) is 15.9 Å². The van der Waals surface area contributed by atoms with Gasteiger partial charge in [-0.2, -0.15) is 0 Å². The van der Waals surface area contributed by atoms with Gasteiger partial charge in [0.05, 0.1) is 22.4 Å². The number of rotatable bonds is 2. The minimum atomic E-state index is -0.581. The van der Waals surface area contributed by atoms with E-state index < -0.39 is 4.32 Å². The zero-order valence-corrected chi connectivity index (χ0v) is 9.00. The third-order valence-corrected chi connectivity index (χ3v) is 1.72. The molecule has 5 heteroatoms. The number of alkyl halides is 1. The molecule has 4 nitrogen and oxygen atoms in total. The average molecular weight is 244 g/mol. The van der Waals surface area contributed by atoms with Gasteiger partial charge in [-0.15, -0.1) is 0 Å². The predicted molar refractivity (Wildman–Crippen MR) is 53.7 cm³/mol. The van der Waals surface area contributed by atoms with Crippen molar-refractivity contribution in [1.82, 2.24) is 9.97 Å². The Labute approximate surface area is 84.9 Å². The molecule has 0 saturated carbocycles. The molecule has 13 heavy (non-hydrogen) atoms. The van der Waals surface area contributed by atoms with Crippen LogP contribution in [0.1, 0.15) is 13.8 Å². The van der Waals surface area contributed by atoms with Crippen molar-refractivity contribution in [3.63, 3.8) is 0 Å². The lowest BCUT2D eigenvalue weighted by atomic mass is 10.2. The average Bonchev–Trinajstić information content (AvgIpc) is 2.04. The Morgan fingerprint density at radius 3 is 2.46 bits per heavy atom. The number of carbonyl (C=O) groups excluding carboxylic acids is 1. The molecule has 70 valence electrons. The molecular formula is C8H10BrN3O. The van der Waals surface area contributed by atoms with E-state index in [2.05, 4.69) is 31.2 Å². The molecule has 0 unspecified atom stereocenters. The topological polar surface area (TPSA) is 54.9 Å². The number of aromatic nitrogens is 2. The highest BCUT2D eigenvalue weighted by Gasteiger charge is 2.23. The van der Waals surface area contributed by atoms with Crippen LogP contribution in [-0.2, 0) is 4.79 Å². The summed E-state index contributed by atoms with van der Waals surface area (Å²) in [4.78, 5) is 19.0. The Morgan fingerprint density at radius 1 is 1.46 bits per heavy atom. The third kappa shape index (κ3) is 3.10. The van der Waals surface area contributed by atoms with E-state index in [0.717, 1.165) is 0 Å². The van der Waals surface area contributed by atoms with E-state index in [-0.39, 0.29) is 5.91 Å². The van der Waals surface area contributed by atoms with Gasteiger partial charge in [0.15, 0.2) is 0 Å². The van der Waals surface area contributed by atoms with Crippen LogP contribution in [0.5, 0.6) is 0 Å². The zero-order chi connectivity index (χ0) is 9.90. The summed E-state index contributed by atoms with van der Waals surface area (Å²) in [6.07, 6.45) is 4.50. The molecule has 0 aromatic carbocycles. The second kappa shape index (κ2) is 3.83. The molecule has 1 heterocycles. The fourth-order valence-electron chi connectivity index (χ4n) is 0.643. The van der Waals surface area contributed by atoms with Crippen LogP contribution in [0.15, 0.2) is 18.7 Å². The van der Waals surface area contributed by atoms with Gasteiger partial charge in [-0.3, -0.25) is 4.79 Å². The summed E-state index contributed by atoms with van der Waals surface area (Å²) in [5, 5.41) is 2.67. The number of amides is 1. The van der Waals surface area contributed by atoms with Crippen molar-refractivity contribution in [2.75, 3.05) is 5.32 Å². The Morgan fingerprint density at radius 2 is 2.00 bits per heavy atom. The number of anilines is 1. The quantitative estimate of drug-likeness (QED) is 0.803. The number of hydrogen-bond donors (Lipinski definition) is 1. The molecule has 1 rings (SSSR count). The first-order valence-electron chi connectivity index (χ1n) is 3.75. The molecule has 0 bridgehead atoms. The monoisotopic (exact) mass is 243 g/mol. The highest BCUT2D eigenvalue weighted by atomic mass is 79.9. The maximum atomic E-state index is 11.4.